The number of nitrogens with zero attached hydrogens (tertiary/aromatic N) is 1. The second-order valence-corrected chi connectivity index (χ2v) is 5.99. The molecule has 0 spiro atoms. The normalized spacial score (nSPS) is 10.8. The number of rotatable bonds is 7. The van der Waals surface area contributed by atoms with Gasteiger partial charge in [0.1, 0.15) is 6.61 Å². The van der Waals surface area contributed by atoms with Gasteiger partial charge in [-0.15, -0.1) is 11.3 Å². The molecule has 106 valence electrons. The summed E-state index contributed by atoms with van der Waals surface area (Å²) in [5, 5.41) is 10.9. The standard InChI is InChI=1S/C16H25NOS/c1-4-5-6-10-17(14(2)3)13-16-15(8-7-11-18)9-12-19-16/h9,12,14,18H,4-6,10-11,13H2,1-3H3. The van der Waals surface area contributed by atoms with E-state index in [2.05, 4.69) is 42.9 Å². The molecule has 1 heterocycles. The molecule has 1 rings (SSSR count). The van der Waals surface area contributed by atoms with Gasteiger partial charge in [-0.1, -0.05) is 31.6 Å². The summed E-state index contributed by atoms with van der Waals surface area (Å²) in [5.41, 5.74) is 1.07. The van der Waals surface area contributed by atoms with E-state index in [1.807, 2.05) is 6.07 Å². The van der Waals surface area contributed by atoms with E-state index < -0.39 is 0 Å². The minimum absolute atomic E-state index is 0.0698. The van der Waals surface area contributed by atoms with Gasteiger partial charge >= 0.3 is 0 Å². The Kier molecular flexibility index (Phi) is 7.81. The fraction of sp³-hybridized carbons (Fsp3) is 0.625. The Morgan fingerprint density at radius 3 is 2.79 bits per heavy atom. The summed E-state index contributed by atoms with van der Waals surface area (Å²) >= 11 is 1.76. The van der Waals surface area contributed by atoms with Crippen molar-refractivity contribution in [3.05, 3.63) is 21.9 Å². The zero-order valence-electron chi connectivity index (χ0n) is 12.3. The van der Waals surface area contributed by atoms with Gasteiger partial charge in [0.05, 0.1) is 0 Å². The first-order chi connectivity index (χ1) is 9.19. The van der Waals surface area contributed by atoms with Crippen LogP contribution in [0.4, 0.5) is 0 Å². The first-order valence-electron chi connectivity index (χ1n) is 7.09. The van der Waals surface area contributed by atoms with Gasteiger partial charge in [-0.2, -0.15) is 0 Å². The molecule has 0 amide bonds. The summed E-state index contributed by atoms with van der Waals surface area (Å²) in [5.74, 6) is 5.78. The van der Waals surface area contributed by atoms with Gasteiger partial charge in [-0.3, -0.25) is 4.90 Å². The highest BCUT2D eigenvalue weighted by atomic mass is 32.1. The highest BCUT2D eigenvalue weighted by molar-refractivity contribution is 7.10. The van der Waals surface area contributed by atoms with Crippen LogP contribution >= 0.6 is 11.3 Å². The van der Waals surface area contributed by atoms with Crippen LogP contribution in [0.3, 0.4) is 0 Å². The number of hydrogen-bond acceptors (Lipinski definition) is 3. The molecule has 0 aromatic carbocycles. The van der Waals surface area contributed by atoms with Gasteiger partial charge in [-0.25, -0.2) is 0 Å². The molecule has 0 aliphatic heterocycles. The van der Waals surface area contributed by atoms with Gasteiger partial charge in [0.2, 0.25) is 0 Å². The van der Waals surface area contributed by atoms with E-state index in [0.29, 0.717) is 6.04 Å². The van der Waals surface area contributed by atoms with E-state index in [1.54, 1.807) is 11.3 Å². The predicted octanol–water partition coefficient (Wildman–Crippen LogP) is 3.49. The van der Waals surface area contributed by atoms with Crippen LogP contribution in [0.25, 0.3) is 0 Å². The van der Waals surface area contributed by atoms with Crippen molar-refractivity contribution < 1.29 is 5.11 Å². The maximum absolute atomic E-state index is 8.79. The van der Waals surface area contributed by atoms with E-state index in [1.165, 1.54) is 24.1 Å². The molecule has 0 saturated carbocycles. The number of unbranched alkanes of at least 4 members (excludes halogenated alkanes) is 2. The van der Waals surface area contributed by atoms with Gasteiger partial charge < -0.3 is 5.11 Å². The number of thiophene rings is 1. The molecule has 1 N–H and O–H groups in total. The first kappa shape index (κ1) is 16.2. The van der Waals surface area contributed by atoms with Gasteiger partial charge in [-0.05, 0) is 38.3 Å². The van der Waals surface area contributed by atoms with Crippen molar-refractivity contribution in [3.8, 4) is 11.8 Å². The summed E-state index contributed by atoms with van der Waals surface area (Å²) < 4.78 is 0. The van der Waals surface area contributed by atoms with Crippen molar-refractivity contribution in [1.29, 1.82) is 0 Å². The zero-order valence-corrected chi connectivity index (χ0v) is 13.1. The van der Waals surface area contributed by atoms with Crippen LogP contribution in [-0.2, 0) is 6.54 Å². The smallest absolute Gasteiger partial charge is 0.104 e. The fourth-order valence-electron chi connectivity index (χ4n) is 1.98. The third-order valence-corrected chi connectivity index (χ3v) is 4.08. The third-order valence-electron chi connectivity index (χ3n) is 3.17. The lowest BCUT2D eigenvalue weighted by Crippen LogP contribution is -2.31. The molecule has 0 fully saturated rings. The molecule has 1 aromatic heterocycles. The average molecular weight is 279 g/mol. The van der Waals surface area contributed by atoms with Crippen molar-refractivity contribution in [2.75, 3.05) is 13.2 Å². The maximum atomic E-state index is 8.79. The number of hydrogen-bond donors (Lipinski definition) is 1. The second kappa shape index (κ2) is 9.14. The Bertz CT molecular complexity index is 414. The molecule has 3 heteroatoms. The summed E-state index contributed by atoms with van der Waals surface area (Å²) in [4.78, 5) is 3.82. The van der Waals surface area contributed by atoms with Gasteiger partial charge in [0.15, 0.2) is 0 Å². The minimum Gasteiger partial charge on any atom is -0.384 e. The molecule has 0 bridgehead atoms. The molecule has 1 aromatic rings. The fourth-order valence-corrected chi connectivity index (χ4v) is 2.83. The van der Waals surface area contributed by atoms with Crippen molar-refractivity contribution in [1.82, 2.24) is 4.90 Å². The van der Waals surface area contributed by atoms with Crippen molar-refractivity contribution in [2.45, 2.75) is 52.6 Å². The van der Waals surface area contributed by atoms with E-state index in [-0.39, 0.29) is 6.61 Å². The Labute approximate surface area is 121 Å². The summed E-state index contributed by atoms with van der Waals surface area (Å²) in [7, 11) is 0. The van der Waals surface area contributed by atoms with Crippen LogP contribution in [0.15, 0.2) is 11.4 Å². The third kappa shape index (κ3) is 5.78. The largest absolute Gasteiger partial charge is 0.384 e. The van der Waals surface area contributed by atoms with Gasteiger partial charge in [0.25, 0.3) is 0 Å². The predicted molar refractivity (Wildman–Crippen MR) is 83.4 cm³/mol. The Morgan fingerprint density at radius 2 is 2.16 bits per heavy atom. The molecule has 0 saturated heterocycles. The van der Waals surface area contributed by atoms with Crippen LogP contribution in [0.1, 0.15) is 50.5 Å². The highest BCUT2D eigenvalue weighted by Crippen LogP contribution is 2.19. The van der Waals surface area contributed by atoms with Crippen LogP contribution in [-0.4, -0.2) is 29.2 Å². The SMILES string of the molecule is CCCCCN(Cc1sccc1C#CCO)C(C)C. The molecule has 0 atom stereocenters. The lowest BCUT2D eigenvalue weighted by molar-refractivity contribution is 0.210. The number of aliphatic hydroxyl groups is 1. The molecular weight excluding hydrogens is 254 g/mol. The van der Waals surface area contributed by atoms with Crippen LogP contribution in [0.5, 0.6) is 0 Å². The number of aliphatic hydroxyl groups excluding tert-OH is 1. The average Bonchev–Trinajstić information content (AvgIpc) is 2.82. The van der Waals surface area contributed by atoms with Crippen LogP contribution < -0.4 is 0 Å². The zero-order chi connectivity index (χ0) is 14.1. The lowest BCUT2D eigenvalue weighted by Gasteiger charge is -2.26. The van der Waals surface area contributed by atoms with Crippen LogP contribution in [0, 0.1) is 11.8 Å². The van der Waals surface area contributed by atoms with Crippen molar-refractivity contribution in [3.63, 3.8) is 0 Å². The van der Waals surface area contributed by atoms with E-state index in [9.17, 15) is 0 Å². The maximum Gasteiger partial charge on any atom is 0.104 e. The van der Waals surface area contributed by atoms with Crippen LogP contribution in [0.2, 0.25) is 0 Å². The molecule has 0 unspecified atom stereocenters. The Balaban J connectivity index is 2.65. The second-order valence-electron chi connectivity index (χ2n) is 4.99. The molecule has 0 aliphatic rings. The first-order valence-corrected chi connectivity index (χ1v) is 7.97. The van der Waals surface area contributed by atoms with Gasteiger partial charge in [0, 0.05) is 23.0 Å². The van der Waals surface area contributed by atoms with E-state index in [0.717, 1.165) is 18.7 Å². The Morgan fingerprint density at radius 1 is 1.37 bits per heavy atom. The summed E-state index contributed by atoms with van der Waals surface area (Å²) in [6, 6.07) is 2.60. The molecular formula is C16H25NOS. The Hall–Kier alpha value is -0.820. The highest BCUT2D eigenvalue weighted by Gasteiger charge is 2.12. The topological polar surface area (TPSA) is 23.5 Å². The van der Waals surface area contributed by atoms with Crippen molar-refractivity contribution in [2.24, 2.45) is 0 Å². The summed E-state index contributed by atoms with van der Waals surface area (Å²) in [6.45, 7) is 8.78. The van der Waals surface area contributed by atoms with Crippen molar-refractivity contribution >= 4 is 11.3 Å². The van der Waals surface area contributed by atoms with E-state index in [4.69, 9.17) is 5.11 Å². The summed E-state index contributed by atoms with van der Waals surface area (Å²) in [6.07, 6.45) is 3.82. The molecule has 0 aliphatic carbocycles. The minimum atomic E-state index is -0.0698. The molecule has 19 heavy (non-hydrogen) atoms. The lowest BCUT2D eigenvalue weighted by atomic mass is 10.2. The quantitative estimate of drug-likeness (QED) is 0.610. The molecule has 2 nitrogen and oxygen atoms in total. The molecule has 0 radical (unpaired) electrons. The van der Waals surface area contributed by atoms with E-state index >= 15 is 0 Å². The monoisotopic (exact) mass is 279 g/mol.